The SMILES string of the molecule is O=C(CS(=O)(=O)c1ccc(F)cc1F)c1ccccc1Cl. The Morgan fingerprint density at radius 1 is 1.10 bits per heavy atom. The van der Waals surface area contributed by atoms with Crippen LogP contribution in [0.25, 0.3) is 0 Å². The summed E-state index contributed by atoms with van der Waals surface area (Å²) in [6.07, 6.45) is 0. The van der Waals surface area contributed by atoms with Crippen molar-refractivity contribution < 1.29 is 22.0 Å². The maximum atomic E-state index is 13.5. The smallest absolute Gasteiger partial charge is 0.188 e. The molecular formula is C14H9ClF2O3S. The van der Waals surface area contributed by atoms with Crippen molar-refractivity contribution in [2.45, 2.75) is 4.90 Å². The molecule has 0 aliphatic heterocycles. The minimum absolute atomic E-state index is 0.0326. The van der Waals surface area contributed by atoms with Crippen LogP contribution in [0.1, 0.15) is 10.4 Å². The van der Waals surface area contributed by atoms with Gasteiger partial charge in [0.2, 0.25) is 0 Å². The molecule has 0 N–H and O–H groups in total. The van der Waals surface area contributed by atoms with Gasteiger partial charge in [0.05, 0.1) is 5.02 Å². The van der Waals surface area contributed by atoms with Crippen LogP contribution in [0.3, 0.4) is 0 Å². The molecule has 0 aliphatic rings. The fourth-order valence-electron chi connectivity index (χ4n) is 1.74. The summed E-state index contributed by atoms with van der Waals surface area (Å²) in [4.78, 5) is 11.3. The second-order valence-electron chi connectivity index (χ2n) is 4.24. The van der Waals surface area contributed by atoms with Gasteiger partial charge in [0, 0.05) is 11.6 Å². The van der Waals surface area contributed by atoms with Crippen molar-refractivity contribution in [2.24, 2.45) is 0 Å². The van der Waals surface area contributed by atoms with Crippen molar-refractivity contribution in [3.8, 4) is 0 Å². The highest BCUT2D eigenvalue weighted by atomic mass is 35.5. The molecule has 110 valence electrons. The van der Waals surface area contributed by atoms with Crippen LogP contribution in [0.2, 0.25) is 5.02 Å². The maximum Gasteiger partial charge on any atom is 0.188 e. The minimum atomic E-state index is -4.22. The van der Waals surface area contributed by atoms with E-state index < -0.39 is 37.9 Å². The molecule has 0 atom stereocenters. The summed E-state index contributed by atoms with van der Waals surface area (Å²) < 4.78 is 50.4. The third-order valence-corrected chi connectivity index (χ3v) is 4.70. The van der Waals surface area contributed by atoms with Gasteiger partial charge in [-0.3, -0.25) is 4.79 Å². The zero-order valence-electron chi connectivity index (χ0n) is 10.5. The second-order valence-corrected chi connectivity index (χ2v) is 6.60. The molecule has 7 heteroatoms. The molecule has 0 spiro atoms. The van der Waals surface area contributed by atoms with Gasteiger partial charge in [-0.2, -0.15) is 0 Å². The first kappa shape index (κ1) is 15.6. The van der Waals surface area contributed by atoms with Gasteiger partial charge >= 0.3 is 0 Å². The van der Waals surface area contributed by atoms with Crippen molar-refractivity contribution in [2.75, 3.05) is 5.75 Å². The standard InChI is InChI=1S/C14H9ClF2O3S/c15-11-4-2-1-3-10(11)13(18)8-21(19,20)14-6-5-9(16)7-12(14)17/h1-7H,8H2. The number of carbonyl (C=O) groups is 1. The van der Waals surface area contributed by atoms with Gasteiger partial charge in [0.15, 0.2) is 15.6 Å². The van der Waals surface area contributed by atoms with E-state index in [1.807, 2.05) is 0 Å². The Kier molecular flexibility index (Phi) is 4.39. The number of halogens is 3. The van der Waals surface area contributed by atoms with Crippen LogP contribution in [0.15, 0.2) is 47.4 Å². The van der Waals surface area contributed by atoms with Crippen molar-refractivity contribution >= 4 is 27.2 Å². The van der Waals surface area contributed by atoms with E-state index in [1.54, 1.807) is 6.07 Å². The molecule has 3 nitrogen and oxygen atoms in total. The van der Waals surface area contributed by atoms with E-state index >= 15 is 0 Å². The molecule has 0 radical (unpaired) electrons. The summed E-state index contributed by atoms with van der Waals surface area (Å²) in [6.45, 7) is 0. The number of rotatable bonds is 4. The summed E-state index contributed by atoms with van der Waals surface area (Å²) in [5.74, 6) is -3.84. The zero-order valence-corrected chi connectivity index (χ0v) is 12.1. The number of hydrogen-bond acceptors (Lipinski definition) is 3. The lowest BCUT2D eigenvalue weighted by Crippen LogP contribution is -2.18. The van der Waals surface area contributed by atoms with E-state index in [9.17, 15) is 22.0 Å². The molecule has 0 saturated carbocycles. The van der Waals surface area contributed by atoms with E-state index in [4.69, 9.17) is 11.6 Å². The molecule has 0 bridgehead atoms. The predicted molar refractivity (Wildman–Crippen MR) is 74.2 cm³/mol. The third-order valence-electron chi connectivity index (χ3n) is 2.72. The predicted octanol–water partition coefficient (Wildman–Crippen LogP) is 3.27. The first-order valence-corrected chi connectivity index (χ1v) is 7.80. The number of ketones is 1. The van der Waals surface area contributed by atoms with Crippen LogP contribution >= 0.6 is 11.6 Å². The molecule has 0 aliphatic carbocycles. The normalized spacial score (nSPS) is 11.4. The molecule has 2 aromatic rings. The first-order chi connectivity index (χ1) is 9.81. The van der Waals surface area contributed by atoms with Crippen LogP contribution in [-0.2, 0) is 9.84 Å². The fraction of sp³-hybridized carbons (Fsp3) is 0.0714. The molecule has 21 heavy (non-hydrogen) atoms. The topological polar surface area (TPSA) is 51.2 Å². The van der Waals surface area contributed by atoms with Crippen molar-refractivity contribution in [1.29, 1.82) is 0 Å². The second kappa shape index (κ2) is 5.91. The van der Waals surface area contributed by atoms with Gasteiger partial charge in [-0.25, -0.2) is 17.2 Å². The number of carbonyl (C=O) groups excluding carboxylic acids is 1. The number of sulfone groups is 1. The summed E-state index contributed by atoms with van der Waals surface area (Å²) in [5.41, 5.74) is 0.0326. The average Bonchev–Trinajstić information content (AvgIpc) is 2.37. The summed E-state index contributed by atoms with van der Waals surface area (Å²) >= 11 is 5.81. The lowest BCUT2D eigenvalue weighted by atomic mass is 10.1. The van der Waals surface area contributed by atoms with Crippen LogP contribution in [0.4, 0.5) is 8.78 Å². The maximum absolute atomic E-state index is 13.5. The summed E-state index contributed by atoms with van der Waals surface area (Å²) in [5, 5.41) is 0.109. The van der Waals surface area contributed by atoms with Crippen LogP contribution < -0.4 is 0 Å². The van der Waals surface area contributed by atoms with Crippen molar-refractivity contribution in [3.63, 3.8) is 0 Å². The van der Waals surface area contributed by atoms with Crippen LogP contribution in [-0.4, -0.2) is 20.0 Å². The van der Waals surface area contributed by atoms with Gasteiger partial charge in [-0.15, -0.1) is 0 Å². The van der Waals surface area contributed by atoms with E-state index in [2.05, 4.69) is 0 Å². The molecule has 2 aromatic carbocycles. The minimum Gasteiger partial charge on any atom is -0.293 e. The number of benzene rings is 2. The quantitative estimate of drug-likeness (QED) is 0.638. The van der Waals surface area contributed by atoms with E-state index in [0.29, 0.717) is 6.07 Å². The van der Waals surface area contributed by atoms with Crippen molar-refractivity contribution in [3.05, 3.63) is 64.7 Å². The van der Waals surface area contributed by atoms with Gasteiger partial charge in [-0.1, -0.05) is 23.7 Å². The molecule has 2 rings (SSSR count). The van der Waals surface area contributed by atoms with Gasteiger partial charge in [0.25, 0.3) is 0 Å². The van der Waals surface area contributed by atoms with Crippen molar-refractivity contribution in [1.82, 2.24) is 0 Å². The lowest BCUT2D eigenvalue weighted by molar-refractivity contribution is 0.102. The molecule has 0 fully saturated rings. The molecule has 0 heterocycles. The Bertz CT molecular complexity index is 804. The van der Waals surface area contributed by atoms with Crippen LogP contribution in [0, 0.1) is 11.6 Å². The highest BCUT2D eigenvalue weighted by Gasteiger charge is 2.24. The largest absolute Gasteiger partial charge is 0.293 e. The first-order valence-electron chi connectivity index (χ1n) is 5.77. The average molecular weight is 331 g/mol. The zero-order chi connectivity index (χ0) is 15.6. The van der Waals surface area contributed by atoms with Gasteiger partial charge < -0.3 is 0 Å². The Morgan fingerprint density at radius 3 is 2.38 bits per heavy atom. The Hall–Kier alpha value is -1.79. The summed E-state index contributed by atoms with van der Waals surface area (Å²) in [6, 6.07) is 8.00. The monoisotopic (exact) mass is 330 g/mol. The third kappa shape index (κ3) is 3.46. The van der Waals surface area contributed by atoms with E-state index in [0.717, 1.165) is 12.1 Å². The van der Waals surface area contributed by atoms with Crippen LogP contribution in [0.5, 0.6) is 0 Å². The Balaban J connectivity index is 2.34. The van der Waals surface area contributed by atoms with Gasteiger partial charge in [0.1, 0.15) is 22.3 Å². The molecule has 0 amide bonds. The summed E-state index contributed by atoms with van der Waals surface area (Å²) in [7, 11) is -4.22. The fourth-order valence-corrected chi connectivity index (χ4v) is 3.27. The van der Waals surface area contributed by atoms with E-state index in [1.165, 1.54) is 18.2 Å². The number of Topliss-reactive ketones (excluding diaryl/α,β-unsaturated/α-hetero) is 1. The molecule has 0 aromatic heterocycles. The van der Waals surface area contributed by atoms with E-state index in [-0.39, 0.29) is 10.6 Å². The molecular weight excluding hydrogens is 322 g/mol. The van der Waals surface area contributed by atoms with Gasteiger partial charge in [-0.05, 0) is 24.3 Å². The molecule has 0 saturated heterocycles. The highest BCUT2D eigenvalue weighted by molar-refractivity contribution is 7.92. The highest BCUT2D eigenvalue weighted by Crippen LogP contribution is 2.20. The lowest BCUT2D eigenvalue weighted by Gasteiger charge is -2.06. The Morgan fingerprint density at radius 2 is 1.76 bits per heavy atom. The molecule has 0 unspecified atom stereocenters. The Labute approximate surface area is 125 Å². The number of hydrogen-bond donors (Lipinski definition) is 0.